The van der Waals surface area contributed by atoms with Gasteiger partial charge in [0.2, 0.25) is 0 Å². The maximum atomic E-state index is 9.28. The van der Waals surface area contributed by atoms with E-state index in [2.05, 4.69) is 4.98 Å². The Bertz CT molecular complexity index is 343. The van der Waals surface area contributed by atoms with E-state index in [9.17, 15) is 5.11 Å². The molecular formula is C10H10N2O. The second-order valence-electron chi connectivity index (χ2n) is 2.82. The lowest BCUT2D eigenvalue weighted by Gasteiger charge is -2.20. The first-order valence-electron chi connectivity index (χ1n) is 4.10. The average molecular weight is 174 g/mol. The van der Waals surface area contributed by atoms with Crippen LogP contribution in [0.3, 0.4) is 0 Å². The van der Waals surface area contributed by atoms with Crippen LogP contribution in [0.2, 0.25) is 0 Å². The van der Waals surface area contributed by atoms with Crippen molar-refractivity contribution in [3.63, 3.8) is 0 Å². The van der Waals surface area contributed by atoms with Gasteiger partial charge in [0.05, 0.1) is 6.54 Å². The van der Waals surface area contributed by atoms with Gasteiger partial charge >= 0.3 is 0 Å². The lowest BCUT2D eigenvalue weighted by Crippen LogP contribution is -2.21. The minimum atomic E-state index is 0.355. The minimum Gasteiger partial charge on any atom is -0.510 e. The van der Waals surface area contributed by atoms with Crippen LogP contribution in [0, 0.1) is 0 Å². The largest absolute Gasteiger partial charge is 0.510 e. The average Bonchev–Trinajstić information content (AvgIpc) is 2.19. The molecule has 0 amide bonds. The monoisotopic (exact) mass is 174 g/mol. The number of hydrogen-bond donors (Lipinski definition) is 1. The summed E-state index contributed by atoms with van der Waals surface area (Å²) in [6, 6.07) is 5.70. The zero-order valence-electron chi connectivity index (χ0n) is 7.09. The molecule has 1 aliphatic rings. The van der Waals surface area contributed by atoms with Gasteiger partial charge in [-0.05, 0) is 24.3 Å². The van der Waals surface area contributed by atoms with E-state index in [1.807, 2.05) is 29.3 Å². The van der Waals surface area contributed by atoms with Crippen LogP contribution in [0.25, 0.3) is 0 Å². The SMILES string of the molecule is OC1=CC=CN(c2ccccn2)C1. The van der Waals surface area contributed by atoms with Gasteiger partial charge < -0.3 is 10.0 Å². The van der Waals surface area contributed by atoms with Gasteiger partial charge in [0.15, 0.2) is 0 Å². The fourth-order valence-corrected chi connectivity index (χ4v) is 1.22. The van der Waals surface area contributed by atoms with E-state index in [1.165, 1.54) is 0 Å². The fraction of sp³-hybridized carbons (Fsp3) is 0.100. The Morgan fingerprint density at radius 1 is 1.38 bits per heavy atom. The first-order valence-corrected chi connectivity index (χ1v) is 4.10. The number of pyridine rings is 1. The van der Waals surface area contributed by atoms with Crippen LogP contribution in [-0.4, -0.2) is 16.6 Å². The van der Waals surface area contributed by atoms with E-state index >= 15 is 0 Å². The highest BCUT2D eigenvalue weighted by molar-refractivity contribution is 5.45. The van der Waals surface area contributed by atoms with Crippen molar-refractivity contribution in [1.82, 2.24) is 4.98 Å². The molecule has 0 spiro atoms. The van der Waals surface area contributed by atoms with E-state index < -0.39 is 0 Å². The molecule has 1 N–H and O–H groups in total. The van der Waals surface area contributed by atoms with Crippen molar-refractivity contribution in [2.75, 3.05) is 11.4 Å². The van der Waals surface area contributed by atoms with Crippen LogP contribution in [0.4, 0.5) is 5.82 Å². The third-order valence-electron chi connectivity index (χ3n) is 1.83. The van der Waals surface area contributed by atoms with Crippen molar-refractivity contribution in [2.24, 2.45) is 0 Å². The number of hydrogen-bond acceptors (Lipinski definition) is 3. The van der Waals surface area contributed by atoms with Gasteiger partial charge in [-0.2, -0.15) is 0 Å². The summed E-state index contributed by atoms with van der Waals surface area (Å²) in [4.78, 5) is 6.06. The maximum absolute atomic E-state index is 9.28. The first-order chi connectivity index (χ1) is 6.36. The number of aliphatic hydroxyl groups is 1. The number of anilines is 1. The Labute approximate surface area is 76.6 Å². The second kappa shape index (κ2) is 3.31. The highest BCUT2D eigenvalue weighted by Crippen LogP contribution is 2.13. The van der Waals surface area contributed by atoms with Crippen LogP contribution in [-0.2, 0) is 0 Å². The zero-order valence-corrected chi connectivity index (χ0v) is 7.09. The smallest absolute Gasteiger partial charge is 0.132 e. The van der Waals surface area contributed by atoms with Crippen molar-refractivity contribution in [3.05, 3.63) is 48.5 Å². The molecule has 0 saturated heterocycles. The van der Waals surface area contributed by atoms with E-state index in [0.717, 1.165) is 5.82 Å². The third-order valence-corrected chi connectivity index (χ3v) is 1.83. The molecular weight excluding hydrogens is 164 g/mol. The van der Waals surface area contributed by atoms with Gasteiger partial charge in [-0.25, -0.2) is 4.98 Å². The maximum Gasteiger partial charge on any atom is 0.132 e. The van der Waals surface area contributed by atoms with Crippen LogP contribution in [0.15, 0.2) is 48.5 Å². The van der Waals surface area contributed by atoms with Crippen molar-refractivity contribution < 1.29 is 5.11 Å². The number of rotatable bonds is 1. The summed E-state index contributed by atoms with van der Waals surface area (Å²) >= 11 is 0. The van der Waals surface area contributed by atoms with Crippen LogP contribution in [0.1, 0.15) is 0 Å². The highest BCUT2D eigenvalue weighted by Gasteiger charge is 2.08. The number of aliphatic hydroxyl groups excluding tert-OH is 1. The normalized spacial score (nSPS) is 15.7. The zero-order chi connectivity index (χ0) is 9.10. The summed E-state index contributed by atoms with van der Waals surface area (Å²) in [5, 5.41) is 9.28. The first kappa shape index (κ1) is 7.86. The molecule has 0 saturated carbocycles. The molecule has 2 rings (SSSR count). The van der Waals surface area contributed by atoms with Gasteiger partial charge in [0.1, 0.15) is 11.6 Å². The molecule has 3 heteroatoms. The molecule has 1 aliphatic heterocycles. The molecule has 0 bridgehead atoms. The van der Waals surface area contributed by atoms with Gasteiger partial charge in [-0.3, -0.25) is 0 Å². The van der Waals surface area contributed by atoms with Gasteiger partial charge in [0, 0.05) is 12.4 Å². The lowest BCUT2D eigenvalue weighted by atomic mass is 10.3. The molecule has 0 unspecified atom stereocenters. The summed E-state index contributed by atoms with van der Waals surface area (Å²) in [6.07, 6.45) is 7.10. The van der Waals surface area contributed by atoms with Crippen LogP contribution in [0.5, 0.6) is 0 Å². The Balaban J connectivity index is 2.21. The predicted molar refractivity (Wildman–Crippen MR) is 51.4 cm³/mol. The van der Waals surface area contributed by atoms with Crippen LogP contribution >= 0.6 is 0 Å². The Kier molecular flexibility index (Phi) is 2.00. The van der Waals surface area contributed by atoms with Crippen molar-refractivity contribution in [1.29, 1.82) is 0 Å². The summed E-state index contributed by atoms with van der Waals surface area (Å²) in [7, 11) is 0. The van der Waals surface area contributed by atoms with E-state index in [-0.39, 0.29) is 0 Å². The van der Waals surface area contributed by atoms with Gasteiger partial charge in [-0.1, -0.05) is 6.07 Å². The predicted octanol–water partition coefficient (Wildman–Crippen LogP) is 1.86. The number of allylic oxidation sites excluding steroid dienone is 2. The van der Waals surface area contributed by atoms with Crippen molar-refractivity contribution in [2.45, 2.75) is 0 Å². The topological polar surface area (TPSA) is 36.4 Å². The van der Waals surface area contributed by atoms with E-state index in [0.29, 0.717) is 12.3 Å². The molecule has 1 aromatic heterocycles. The Morgan fingerprint density at radius 2 is 2.31 bits per heavy atom. The molecule has 0 fully saturated rings. The van der Waals surface area contributed by atoms with Crippen molar-refractivity contribution in [3.8, 4) is 0 Å². The van der Waals surface area contributed by atoms with E-state index in [1.54, 1.807) is 18.3 Å². The summed E-state index contributed by atoms with van der Waals surface area (Å²) < 4.78 is 0. The molecule has 0 radical (unpaired) electrons. The molecule has 2 heterocycles. The fourth-order valence-electron chi connectivity index (χ4n) is 1.22. The van der Waals surface area contributed by atoms with Gasteiger partial charge in [0.25, 0.3) is 0 Å². The number of nitrogens with zero attached hydrogens (tertiary/aromatic N) is 2. The molecule has 13 heavy (non-hydrogen) atoms. The Hall–Kier alpha value is -1.77. The minimum absolute atomic E-state index is 0.355. The summed E-state index contributed by atoms with van der Waals surface area (Å²) in [5.41, 5.74) is 0. The third kappa shape index (κ3) is 1.69. The number of aromatic nitrogens is 1. The van der Waals surface area contributed by atoms with Crippen LogP contribution < -0.4 is 4.90 Å². The summed E-state index contributed by atoms with van der Waals surface area (Å²) in [6.45, 7) is 0.494. The highest BCUT2D eigenvalue weighted by atomic mass is 16.3. The molecule has 0 aromatic carbocycles. The second-order valence-corrected chi connectivity index (χ2v) is 2.82. The van der Waals surface area contributed by atoms with Gasteiger partial charge in [-0.15, -0.1) is 0 Å². The molecule has 0 atom stereocenters. The molecule has 3 nitrogen and oxygen atoms in total. The van der Waals surface area contributed by atoms with Crippen molar-refractivity contribution >= 4 is 5.82 Å². The molecule has 1 aromatic rings. The molecule has 0 aliphatic carbocycles. The summed E-state index contributed by atoms with van der Waals surface area (Å²) in [5.74, 6) is 1.20. The standard InChI is InChI=1S/C10H10N2O/c13-9-4-3-7-12(8-9)10-5-1-2-6-11-10/h1-7,13H,8H2. The lowest BCUT2D eigenvalue weighted by molar-refractivity contribution is 0.400. The van der Waals surface area contributed by atoms with E-state index in [4.69, 9.17) is 0 Å². The Morgan fingerprint density at radius 3 is 3.00 bits per heavy atom. The molecule has 66 valence electrons. The quantitative estimate of drug-likeness (QED) is 0.706.